The number of carbonyl (C=O) groups excluding carboxylic acids is 1. The number of alkyl halides is 3. The maximum Gasteiger partial charge on any atom is 0.450 e. The molecule has 8 nitrogen and oxygen atoms in total. The van der Waals surface area contributed by atoms with Gasteiger partial charge in [-0.15, -0.1) is 0 Å². The van der Waals surface area contributed by atoms with Crippen LogP contribution < -0.4 is 29.1 Å². The van der Waals surface area contributed by atoms with Gasteiger partial charge in [-0.25, -0.2) is 4.79 Å². The molecule has 3 aromatic carbocycles. The number of carbonyl (C=O) groups is 1. The lowest BCUT2D eigenvalue weighted by atomic mass is 10.0. The van der Waals surface area contributed by atoms with E-state index in [-0.39, 0.29) is 39.5 Å². The second kappa shape index (κ2) is 10.4. The molecule has 0 spiro atoms. The van der Waals surface area contributed by atoms with Gasteiger partial charge in [0, 0.05) is 6.07 Å². The zero-order chi connectivity index (χ0) is 27.6. The van der Waals surface area contributed by atoms with Crippen LogP contribution in [0.4, 0.5) is 13.2 Å². The Morgan fingerprint density at radius 3 is 1.97 bits per heavy atom. The molecular weight excluding hydrogens is 509 g/mol. The highest BCUT2D eigenvalue weighted by Crippen LogP contribution is 2.40. The van der Waals surface area contributed by atoms with Crippen molar-refractivity contribution in [2.24, 2.45) is 0 Å². The summed E-state index contributed by atoms with van der Waals surface area (Å²) < 4.78 is 73.2. The fraction of sp³-hybridized carbons (Fsp3) is 0.185. The summed E-state index contributed by atoms with van der Waals surface area (Å²) in [5, 5.41) is -0.145. The minimum atomic E-state index is -5.01. The summed E-state index contributed by atoms with van der Waals surface area (Å²) in [7, 11) is 5.52. The fourth-order valence-corrected chi connectivity index (χ4v) is 3.82. The van der Waals surface area contributed by atoms with Crippen LogP contribution in [0.15, 0.2) is 63.8 Å². The molecule has 38 heavy (non-hydrogen) atoms. The Morgan fingerprint density at radius 1 is 0.763 bits per heavy atom. The monoisotopic (exact) mass is 530 g/mol. The third kappa shape index (κ3) is 4.95. The largest absolute Gasteiger partial charge is 0.493 e. The summed E-state index contributed by atoms with van der Waals surface area (Å²) in [6.07, 6.45) is -5.01. The molecule has 0 radical (unpaired) electrons. The van der Waals surface area contributed by atoms with Crippen LogP contribution in [0.5, 0.6) is 28.7 Å². The summed E-state index contributed by atoms with van der Waals surface area (Å²) in [4.78, 5) is 25.9. The van der Waals surface area contributed by atoms with E-state index in [9.17, 15) is 22.8 Å². The fourth-order valence-electron chi connectivity index (χ4n) is 3.82. The van der Waals surface area contributed by atoms with E-state index in [2.05, 4.69) is 0 Å². The van der Waals surface area contributed by atoms with Crippen LogP contribution >= 0.6 is 0 Å². The van der Waals surface area contributed by atoms with Gasteiger partial charge in [-0.2, -0.15) is 13.2 Å². The Hall–Kier alpha value is -4.67. The Kier molecular flexibility index (Phi) is 7.20. The average Bonchev–Trinajstić information content (AvgIpc) is 2.91. The van der Waals surface area contributed by atoms with Crippen molar-refractivity contribution in [1.82, 2.24) is 0 Å². The van der Waals surface area contributed by atoms with Crippen LogP contribution in [0.25, 0.3) is 22.1 Å². The highest BCUT2D eigenvalue weighted by Gasteiger charge is 2.39. The first-order chi connectivity index (χ1) is 18.1. The van der Waals surface area contributed by atoms with Crippen LogP contribution in [0.2, 0.25) is 0 Å². The Balaban J connectivity index is 1.79. The van der Waals surface area contributed by atoms with Crippen LogP contribution in [-0.4, -0.2) is 34.4 Å². The number of rotatable bonds is 7. The number of fused-ring (bicyclic) bond motifs is 1. The Labute approximate surface area is 214 Å². The molecule has 4 aromatic rings. The van der Waals surface area contributed by atoms with Gasteiger partial charge in [0.15, 0.2) is 23.0 Å². The van der Waals surface area contributed by atoms with Gasteiger partial charge < -0.3 is 28.1 Å². The standard InChI is InChI=1S/C27H21F3O8/c1-33-18-9-5-14(11-21(18)35-3)23-24(31)17-8-7-16(13-20(17)38-25(23)27(28,29)30)37-26(32)15-6-10-19(34-2)22(12-15)36-4/h5-13H,1-4H3. The molecule has 0 amide bonds. The topological polar surface area (TPSA) is 93.4 Å². The lowest BCUT2D eigenvalue weighted by Gasteiger charge is -2.15. The lowest BCUT2D eigenvalue weighted by Crippen LogP contribution is -2.16. The molecule has 0 fully saturated rings. The first-order valence-electron chi connectivity index (χ1n) is 11.0. The molecule has 0 N–H and O–H groups in total. The number of ether oxygens (including phenoxy) is 5. The molecule has 0 saturated carbocycles. The van der Waals surface area contributed by atoms with Gasteiger partial charge in [0.1, 0.15) is 11.3 Å². The lowest BCUT2D eigenvalue weighted by molar-refractivity contribution is -0.152. The minimum Gasteiger partial charge on any atom is -0.493 e. The first kappa shape index (κ1) is 26.4. The normalized spacial score (nSPS) is 11.2. The molecule has 11 heteroatoms. The zero-order valence-electron chi connectivity index (χ0n) is 20.6. The Bertz CT molecular complexity index is 1570. The van der Waals surface area contributed by atoms with Gasteiger partial charge in [0.25, 0.3) is 0 Å². The third-order valence-corrected chi connectivity index (χ3v) is 5.62. The van der Waals surface area contributed by atoms with E-state index in [1.54, 1.807) is 0 Å². The van der Waals surface area contributed by atoms with Crippen molar-refractivity contribution in [3.63, 3.8) is 0 Å². The maximum absolute atomic E-state index is 14.0. The number of halogens is 3. The van der Waals surface area contributed by atoms with Crippen LogP contribution in [0.3, 0.4) is 0 Å². The van der Waals surface area contributed by atoms with E-state index in [1.165, 1.54) is 77.0 Å². The minimum absolute atomic E-state index is 0.0745. The highest BCUT2D eigenvalue weighted by atomic mass is 19.4. The summed E-state index contributed by atoms with van der Waals surface area (Å²) in [5.74, 6) is -1.37. The molecule has 0 unspecified atom stereocenters. The maximum atomic E-state index is 14.0. The van der Waals surface area contributed by atoms with Crippen molar-refractivity contribution in [1.29, 1.82) is 0 Å². The zero-order valence-corrected chi connectivity index (χ0v) is 20.6. The second-order valence-electron chi connectivity index (χ2n) is 7.82. The number of benzene rings is 3. The average molecular weight is 530 g/mol. The van der Waals surface area contributed by atoms with Gasteiger partial charge in [-0.1, -0.05) is 6.07 Å². The predicted octanol–water partition coefficient (Wildman–Crippen LogP) is 5.73. The molecule has 1 heterocycles. The van der Waals surface area contributed by atoms with Crippen molar-refractivity contribution in [2.75, 3.05) is 28.4 Å². The van der Waals surface area contributed by atoms with E-state index in [4.69, 9.17) is 28.1 Å². The van der Waals surface area contributed by atoms with Crippen molar-refractivity contribution >= 4 is 16.9 Å². The molecule has 1 aromatic heterocycles. The van der Waals surface area contributed by atoms with Crippen molar-refractivity contribution in [3.8, 4) is 39.9 Å². The summed E-state index contributed by atoms with van der Waals surface area (Å²) in [6, 6.07) is 11.8. The van der Waals surface area contributed by atoms with Gasteiger partial charge in [0.05, 0.1) is 45.0 Å². The van der Waals surface area contributed by atoms with Crippen molar-refractivity contribution < 1.29 is 46.1 Å². The molecule has 0 atom stereocenters. The van der Waals surface area contributed by atoms with Gasteiger partial charge in [-0.3, -0.25) is 4.79 Å². The molecule has 4 rings (SSSR count). The van der Waals surface area contributed by atoms with E-state index >= 15 is 0 Å². The number of esters is 1. The number of methoxy groups -OCH3 is 4. The number of hydrogen-bond donors (Lipinski definition) is 0. The predicted molar refractivity (Wildman–Crippen MR) is 131 cm³/mol. The van der Waals surface area contributed by atoms with Gasteiger partial charge >= 0.3 is 12.1 Å². The highest BCUT2D eigenvalue weighted by molar-refractivity contribution is 5.92. The van der Waals surface area contributed by atoms with Crippen LogP contribution in [0, 0.1) is 0 Å². The molecule has 198 valence electrons. The molecule has 0 bridgehead atoms. The van der Waals surface area contributed by atoms with E-state index in [0.717, 1.165) is 6.07 Å². The third-order valence-electron chi connectivity index (χ3n) is 5.62. The molecule has 0 aliphatic rings. The molecule has 0 saturated heterocycles. The van der Waals surface area contributed by atoms with Gasteiger partial charge in [-0.05, 0) is 48.0 Å². The summed E-state index contributed by atoms with van der Waals surface area (Å²) >= 11 is 0. The second-order valence-corrected chi connectivity index (χ2v) is 7.82. The van der Waals surface area contributed by atoms with Crippen molar-refractivity contribution in [3.05, 3.63) is 76.1 Å². The first-order valence-corrected chi connectivity index (χ1v) is 11.0. The molecule has 0 aliphatic heterocycles. The smallest absolute Gasteiger partial charge is 0.450 e. The quantitative estimate of drug-likeness (QED) is 0.221. The van der Waals surface area contributed by atoms with Gasteiger partial charge in [0.2, 0.25) is 11.2 Å². The van der Waals surface area contributed by atoms with Crippen LogP contribution in [0.1, 0.15) is 16.1 Å². The van der Waals surface area contributed by atoms with Crippen molar-refractivity contribution in [2.45, 2.75) is 6.18 Å². The molecule has 0 aliphatic carbocycles. The SMILES string of the molecule is COc1ccc(C(=O)Oc2ccc3c(=O)c(-c4ccc(OC)c(OC)c4)c(C(F)(F)F)oc3c2)cc1OC. The summed E-state index contributed by atoms with van der Waals surface area (Å²) in [6.45, 7) is 0. The Morgan fingerprint density at radius 2 is 1.37 bits per heavy atom. The summed E-state index contributed by atoms with van der Waals surface area (Å²) in [5.41, 5.74) is -2.01. The van der Waals surface area contributed by atoms with E-state index < -0.39 is 34.5 Å². The van der Waals surface area contributed by atoms with E-state index in [1.807, 2.05) is 0 Å². The molecular formula is C27H21F3O8. The van der Waals surface area contributed by atoms with E-state index in [0.29, 0.717) is 5.75 Å². The number of hydrogen-bond acceptors (Lipinski definition) is 8. The van der Waals surface area contributed by atoms with Crippen LogP contribution in [-0.2, 0) is 6.18 Å².